The molecule has 1 unspecified atom stereocenters. The Kier molecular flexibility index (Phi) is 7.84. The number of carboxylic acid groups (broad SMARTS) is 1. The number of amides is 1. The maximum Gasteiger partial charge on any atom is 0.416 e. The topological polar surface area (TPSA) is 86.9 Å². The van der Waals surface area contributed by atoms with Crippen molar-refractivity contribution in [3.05, 3.63) is 70.0 Å². The summed E-state index contributed by atoms with van der Waals surface area (Å²) in [5.74, 6) is -3.20. The monoisotopic (exact) mass is 629 g/mol. The minimum Gasteiger partial charge on any atom is -0.481 e. The number of piperidine rings is 2. The van der Waals surface area contributed by atoms with Crippen LogP contribution in [0.4, 0.5) is 30.7 Å². The van der Waals surface area contributed by atoms with Crippen LogP contribution in [-0.2, 0) is 21.9 Å². The molecule has 1 aliphatic carbocycles. The second-order valence-electron chi connectivity index (χ2n) is 12.8. The van der Waals surface area contributed by atoms with Crippen molar-refractivity contribution < 1.29 is 45.4 Å². The molecule has 6 atom stereocenters. The van der Waals surface area contributed by atoms with Crippen molar-refractivity contribution in [2.24, 2.45) is 17.1 Å². The smallest absolute Gasteiger partial charge is 0.416 e. The summed E-state index contributed by atoms with van der Waals surface area (Å²) in [6, 6.07) is 4.59. The molecule has 0 bridgehead atoms. The first-order valence-corrected chi connectivity index (χ1v) is 14.4. The zero-order valence-electron chi connectivity index (χ0n) is 24.4. The van der Waals surface area contributed by atoms with E-state index in [0.717, 1.165) is 0 Å². The Bertz CT molecular complexity index is 1440. The van der Waals surface area contributed by atoms with Crippen LogP contribution in [0.5, 0.6) is 0 Å². The Hall–Kier alpha value is -3.19. The molecule has 2 saturated heterocycles. The Balaban J connectivity index is 1.46. The molecule has 1 amide bonds. The largest absolute Gasteiger partial charge is 0.481 e. The van der Waals surface area contributed by atoms with E-state index in [2.05, 4.69) is 4.90 Å². The molecular weight excluding hydrogens is 595 g/mol. The van der Waals surface area contributed by atoms with Crippen molar-refractivity contribution in [3.63, 3.8) is 0 Å². The van der Waals surface area contributed by atoms with E-state index in [9.17, 15) is 45.4 Å². The zero-order chi connectivity index (χ0) is 32.6. The number of hydrogen-bond donors (Lipinski definition) is 2. The lowest BCUT2D eigenvalue weighted by Gasteiger charge is -2.47. The fraction of sp³-hybridized carbons (Fsp3) is 0.548. The van der Waals surface area contributed by atoms with Crippen molar-refractivity contribution in [3.8, 4) is 0 Å². The van der Waals surface area contributed by atoms with E-state index in [1.165, 1.54) is 30.9 Å². The van der Waals surface area contributed by atoms with E-state index in [-0.39, 0.29) is 30.1 Å². The van der Waals surface area contributed by atoms with E-state index in [1.807, 2.05) is 0 Å². The van der Waals surface area contributed by atoms with Gasteiger partial charge in [0, 0.05) is 31.6 Å². The second kappa shape index (κ2) is 10.7. The van der Waals surface area contributed by atoms with Gasteiger partial charge in [-0.3, -0.25) is 14.5 Å². The molecule has 44 heavy (non-hydrogen) atoms. The van der Waals surface area contributed by atoms with Crippen molar-refractivity contribution in [2.75, 3.05) is 19.6 Å². The highest BCUT2D eigenvalue weighted by molar-refractivity contribution is 5.87. The number of likely N-dealkylation sites (tertiary alicyclic amines) is 2. The molecule has 6 nitrogen and oxygen atoms in total. The third kappa shape index (κ3) is 5.68. The average molecular weight is 630 g/mol. The van der Waals surface area contributed by atoms with Gasteiger partial charge in [-0.2, -0.15) is 26.3 Å². The quantitative estimate of drug-likeness (QED) is 0.376. The van der Waals surface area contributed by atoms with Gasteiger partial charge in [0.2, 0.25) is 5.91 Å². The fourth-order valence-electron chi connectivity index (χ4n) is 7.03. The summed E-state index contributed by atoms with van der Waals surface area (Å²) in [6.07, 6.45) is -8.68. The molecule has 1 saturated carbocycles. The van der Waals surface area contributed by atoms with E-state index < -0.39 is 64.1 Å². The van der Waals surface area contributed by atoms with Gasteiger partial charge in [0.25, 0.3) is 0 Å². The van der Waals surface area contributed by atoms with Crippen LogP contribution in [0.25, 0.3) is 0 Å². The minimum absolute atomic E-state index is 0.0286. The van der Waals surface area contributed by atoms with Crippen LogP contribution < -0.4 is 5.73 Å². The molecule has 3 aliphatic rings. The Labute approximate surface area is 250 Å². The molecular formula is C31H34F7N3O3. The number of aliphatic carboxylic acids is 1. The molecule has 2 heterocycles. The Morgan fingerprint density at radius 1 is 1.05 bits per heavy atom. The molecule has 3 N–H and O–H groups in total. The van der Waals surface area contributed by atoms with E-state index in [0.29, 0.717) is 55.6 Å². The highest BCUT2D eigenvalue weighted by Crippen LogP contribution is 2.59. The third-order valence-electron chi connectivity index (χ3n) is 10.0. The fourth-order valence-corrected chi connectivity index (χ4v) is 7.03. The molecule has 240 valence electrons. The maximum absolute atomic E-state index is 14.2. The number of benzene rings is 2. The molecule has 5 rings (SSSR count). The van der Waals surface area contributed by atoms with Gasteiger partial charge in [-0.25, -0.2) is 4.39 Å². The predicted octanol–water partition coefficient (Wildman–Crippen LogP) is 6.13. The van der Waals surface area contributed by atoms with Crippen LogP contribution in [0.3, 0.4) is 0 Å². The number of hydrogen-bond acceptors (Lipinski definition) is 4. The number of halogens is 7. The van der Waals surface area contributed by atoms with Gasteiger partial charge in [-0.1, -0.05) is 13.0 Å². The third-order valence-corrected chi connectivity index (χ3v) is 10.0. The number of nitrogens with zero attached hydrogens (tertiary/aromatic N) is 2. The molecule has 2 aromatic carbocycles. The van der Waals surface area contributed by atoms with Crippen molar-refractivity contribution in [2.45, 2.75) is 75.9 Å². The lowest BCUT2D eigenvalue weighted by Crippen LogP contribution is -2.59. The highest BCUT2D eigenvalue weighted by Gasteiger charge is 2.66. The molecule has 2 aliphatic heterocycles. The number of rotatable bonds is 6. The van der Waals surface area contributed by atoms with Gasteiger partial charge < -0.3 is 15.7 Å². The number of aryl methyl sites for hydroxylation is 1. The van der Waals surface area contributed by atoms with E-state index >= 15 is 0 Å². The number of carboxylic acids is 1. The van der Waals surface area contributed by atoms with Crippen molar-refractivity contribution >= 4 is 11.9 Å². The lowest BCUT2D eigenvalue weighted by atomic mass is 9.79. The number of nitrogens with two attached hydrogens (primary N) is 1. The van der Waals surface area contributed by atoms with Gasteiger partial charge >= 0.3 is 18.3 Å². The summed E-state index contributed by atoms with van der Waals surface area (Å²) >= 11 is 0. The van der Waals surface area contributed by atoms with Crippen LogP contribution in [0.15, 0.2) is 36.4 Å². The Morgan fingerprint density at radius 2 is 1.66 bits per heavy atom. The molecule has 0 spiro atoms. The summed E-state index contributed by atoms with van der Waals surface area (Å²) in [7, 11) is 0. The SMILES string of the molecule is Cc1cc(F)ccc1[C@H]1C[C@@H](N2C[C@H]3C[C@@]3(C(=O)O)C2)CCN1C(=O)C(C)(N)[C@@H](C)c1cc(C(F)(F)F)cc(C(F)(F)F)c1. The first-order chi connectivity index (χ1) is 20.3. The van der Waals surface area contributed by atoms with Crippen molar-refractivity contribution in [1.29, 1.82) is 0 Å². The highest BCUT2D eigenvalue weighted by atomic mass is 19.4. The first kappa shape index (κ1) is 32.2. The molecule has 0 radical (unpaired) electrons. The van der Waals surface area contributed by atoms with Gasteiger partial charge in [-0.05, 0) is 86.1 Å². The zero-order valence-corrected chi connectivity index (χ0v) is 24.4. The van der Waals surface area contributed by atoms with Crippen LogP contribution in [0.1, 0.15) is 72.9 Å². The van der Waals surface area contributed by atoms with Crippen LogP contribution in [0.2, 0.25) is 0 Å². The number of fused-ring (bicyclic) bond motifs is 1. The summed E-state index contributed by atoms with van der Waals surface area (Å²) in [5, 5.41) is 9.74. The van der Waals surface area contributed by atoms with Crippen LogP contribution in [-0.4, -0.2) is 58.0 Å². The first-order valence-electron chi connectivity index (χ1n) is 14.4. The van der Waals surface area contributed by atoms with Gasteiger partial charge in [0.1, 0.15) is 5.82 Å². The van der Waals surface area contributed by atoms with Crippen LogP contribution in [0, 0.1) is 24.1 Å². The summed E-state index contributed by atoms with van der Waals surface area (Å²) in [6.45, 7) is 5.42. The maximum atomic E-state index is 14.2. The van der Waals surface area contributed by atoms with Crippen LogP contribution >= 0.6 is 0 Å². The summed E-state index contributed by atoms with van der Waals surface area (Å²) in [4.78, 5) is 29.7. The molecule has 2 aromatic rings. The van der Waals surface area contributed by atoms with Crippen molar-refractivity contribution in [1.82, 2.24) is 9.80 Å². The van der Waals surface area contributed by atoms with Gasteiger partial charge in [0.05, 0.1) is 28.1 Å². The number of carbonyl (C=O) groups is 2. The van der Waals surface area contributed by atoms with Gasteiger partial charge in [-0.15, -0.1) is 0 Å². The average Bonchev–Trinajstić information content (AvgIpc) is 3.51. The predicted molar refractivity (Wildman–Crippen MR) is 146 cm³/mol. The second-order valence-corrected chi connectivity index (χ2v) is 12.8. The summed E-state index contributed by atoms with van der Waals surface area (Å²) in [5.41, 5.74) is 1.64. The summed E-state index contributed by atoms with van der Waals surface area (Å²) < 4.78 is 95.5. The molecule has 3 fully saturated rings. The Morgan fingerprint density at radius 3 is 2.18 bits per heavy atom. The lowest BCUT2D eigenvalue weighted by molar-refractivity contribution is -0.144. The number of carbonyl (C=O) groups excluding carboxylic acids is 1. The molecule has 0 aromatic heterocycles. The molecule has 13 heteroatoms. The standard InChI is InChI=1S/C31H34F7N3O3/c1-16-8-22(32)4-5-24(16)25-12-23(40-14-21-13-29(21,15-40)27(43)44)6-7-41(25)26(42)28(3,39)17(2)18-9-19(30(33,34)35)11-20(10-18)31(36,37)38/h4-5,8-11,17,21,23,25H,6-7,12-15,39H2,1-3H3,(H,43,44)/t17-,21+,23-,25+,28?,29+/m0/s1. The minimum atomic E-state index is -5.06. The van der Waals surface area contributed by atoms with E-state index in [1.54, 1.807) is 13.0 Å². The van der Waals surface area contributed by atoms with Gasteiger partial charge in [0.15, 0.2) is 0 Å². The van der Waals surface area contributed by atoms with E-state index in [4.69, 9.17) is 5.73 Å². The normalized spacial score (nSPS) is 27.9. The number of alkyl halides is 6.